The van der Waals surface area contributed by atoms with Crippen LogP contribution >= 0.6 is 23.2 Å². The normalized spacial score (nSPS) is 21.8. The second-order valence-electron chi connectivity index (χ2n) is 10.3. The van der Waals surface area contributed by atoms with E-state index in [-0.39, 0.29) is 46.8 Å². The number of carbonyl (C=O) groups excluding carboxylic acids is 4. The molecule has 4 bridgehead atoms. The fourth-order valence-electron chi connectivity index (χ4n) is 4.99. The summed E-state index contributed by atoms with van der Waals surface area (Å²) < 4.78 is 27.6. The van der Waals surface area contributed by atoms with Gasteiger partial charge in [-0.25, -0.2) is 9.59 Å². The lowest BCUT2D eigenvalue weighted by molar-refractivity contribution is -0.155. The summed E-state index contributed by atoms with van der Waals surface area (Å²) in [5, 5.41) is 0.104. The quantitative estimate of drug-likeness (QED) is 0.422. The van der Waals surface area contributed by atoms with Gasteiger partial charge in [-0.15, -0.1) is 0 Å². The molecule has 0 saturated carbocycles. The van der Waals surface area contributed by atoms with Crippen LogP contribution in [0.3, 0.4) is 0 Å². The van der Waals surface area contributed by atoms with Crippen molar-refractivity contribution >= 4 is 47.0 Å². The van der Waals surface area contributed by atoms with E-state index in [1.54, 1.807) is 12.1 Å². The predicted octanol–water partition coefficient (Wildman–Crippen LogP) is 4.34. The number of hydrogen-bond acceptors (Lipinski definition) is 9. The Morgan fingerprint density at radius 2 is 1.73 bits per heavy atom. The van der Waals surface area contributed by atoms with Crippen molar-refractivity contribution in [3.8, 4) is 5.75 Å². The fraction of sp³-hybridized carbons (Fsp3) is 0.355. The molecular weight excluding hydrogens is 615 g/mol. The highest BCUT2D eigenvalue weighted by molar-refractivity contribution is 6.37. The number of methoxy groups -OCH3 is 3. The Bertz CT molecular complexity index is 1490. The topological polar surface area (TPSA) is 121 Å². The zero-order chi connectivity index (χ0) is 32.2. The summed E-state index contributed by atoms with van der Waals surface area (Å²) in [6.45, 7) is -0.0207. The number of ether oxygens (including phenoxy) is 5. The van der Waals surface area contributed by atoms with Gasteiger partial charge in [0.25, 0.3) is 5.78 Å². The third-order valence-corrected chi connectivity index (χ3v) is 8.11. The van der Waals surface area contributed by atoms with Crippen molar-refractivity contribution in [2.24, 2.45) is 0 Å². The van der Waals surface area contributed by atoms with Gasteiger partial charge < -0.3 is 28.6 Å². The molecule has 2 amide bonds. The largest absolute Gasteiger partial charge is 0.493 e. The maximum absolute atomic E-state index is 14.2. The molecule has 2 aliphatic heterocycles. The van der Waals surface area contributed by atoms with Crippen molar-refractivity contribution in [3.05, 3.63) is 87.3 Å². The standard InChI is InChI=1S/C31H32Cl2N2O9/c1-34-23(29(38)41-4)14-31(42-5)15-24(40-3)26(36)25(16-31)44-27-20(32)11-19(12-21(27)33)13-22(28(34)37)35(2)30(39)43-17-18-9-7-6-8-10-18/h6-12,15-16,22-23H,13-14,17H2,1-5H3/t22-,23+,31?/m1/s1. The minimum atomic E-state index is -1.49. The number of nitrogens with zero attached hydrogens (tertiary/aromatic N) is 2. The van der Waals surface area contributed by atoms with Crippen LogP contribution in [-0.4, -0.2) is 86.7 Å². The smallest absolute Gasteiger partial charge is 0.410 e. The van der Waals surface area contributed by atoms with E-state index in [1.807, 2.05) is 18.2 Å². The Kier molecular flexibility index (Phi) is 10.2. The highest BCUT2D eigenvalue weighted by Crippen LogP contribution is 2.39. The van der Waals surface area contributed by atoms with E-state index in [1.165, 1.54) is 64.6 Å². The van der Waals surface area contributed by atoms with Gasteiger partial charge >= 0.3 is 12.1 Å². The summed E-state index contributed by atoms with van der Waals surface area (Å²) in [7, 11) is 6.68. The van der Waals surface area contributed by atoms with E-state index < -0.39 is 41.4 Å². The number of rotatable bonds is 6. The molecule has 0 N–H and O–H groups in total. The summed E-state index contributed by atoms with van der Waals surface area (Å²) in [5.74, 6) is -2.34. The molecule has 3 aliphatic rings. The maximum Gasteiger partial charge on any atom is 0.410 e. The van der Waals surface area contributed by atoms with Gasteiger partial charge in [0.15, 0.2) is 17.3 Å². The second-order valence-corrected chi connectivity index (χ2v) is 11.1. The molecule has 3 atom stereocenters. The summed E-state index contributed by atoms with van der Waals surface area (Å²) >= 11 is 13.1. The van der Waals surface area contributed by atoms with E-state index in [0.29, 0.717) is 5.56 Å². The molecular formula is C31H32Cl2N2O9. The third kappa shape index (κ3) is 6.85. The van der Waals surface area contributed by atoms with Crippen LogP contribution < -0.4 is 4.74 Å². The van der Waals surface area contributed by atoms with Gasteiger partial charge in [0, 0.05) is 34.0 Å². The Morgan fingerprint density at radius 3 is 2.32 bits per heavy atom. The average Bonchev–Trinajstić information content (AvgIpc) is 3.03. The van der Waals surface area contributed by atoms with Gasteiger partial charge in [-0.05, 0) is 35.4 Å². The molecule has 44 heavy (non-hydrogen) atoms. The molecule has 0 spiro atoms. The second kappa shape index (κ2) is 13.7. The van der Waals surface area contributed by atoms with Crippen molar-refractivity contribution in [2.75, 3.05) is 35.4 Å². The first kappa shape index (κ1) is 32.8. The lowest BCUT2D eigenvalue weighted by Crippen LogP contribution is -2.55. The molecule has 0 fully saturated rings. The average molecular weight is 648 g/mol. The van der Waals surface area contributed by atoms with Crippen LogP contribution in [0, 0.1) is 0 Å². The number of amides is 2. The molecule has 234 valence electrons. The van der Waals surface area contributed by atoms with E-state index in [0.717, 1.165) is 10.5 Å². The summed E-state index contributed by atoms with van der Waals surface area (Å²) in [4.78, 5) is 56.1. The molecule has 0 aromatic heterocycles. The first-order valence-corrected chi connectivity index (χ1v) is 14.2. The monoisotopic (exact) mass is 646 g/mol. The highest BCUT2D eigenvalue weighted by atomic mass is 35.5. The molecule has 13 heteroatoms. The summed E-state index contributed by atoms with van der Waals surface area (Å²) in [5.41, 5.74) is -0.252. The third-order valence-electron chi connectivity index (χ3n) is 7.54. The Balaban J connectivity index is 1.82. The van der Waals surface area contributed by atoms with Gasteiger partial charge in [0.1, 0.15) is 24.3 Å². The number of carbonyl (C=O) groups is 4. The Hall–Kier alpha value is -4.06. The highest BCUT2D eigenvalue weighted by Gasteiger charge is 2.44. The molecule has 2 aromatic carbocycles. The predicted molar refractivity (Wildman–Crippen MR) is 160 cm³/mol. The first-order valence-electron chi connectivity index (χ1n) is 13.5. The lowest BCUT2D eigenvalue weighted by atomic mass is 9.87. The zero-order valence-corrected chi connectivity index (χ0v) is 26.3. The fourth-order valence-corrected chi connectivity index (χ4v) is 5.60. The molecule has 0 radical (unpaired) electrons. The summed E-state index contributed by atoms with van der Waals surface area (Å²) in [6.07, 6.45) is 1.72. The molecule has 0 saturated heterocycles. The van der Waals surface area contributed by atoms with Crippen molar-refractivity contribution in [2.45, 2.75) is 37.1 Å². The van der Waals surface area contributed by atoms with Gasteiger partial charge in [0.2, 0.25) is 5.91 Å². The molecule has 5 rings (SSSR count). The maximum atomic E-state index is 14.2. The van der Waals surface area contributed by atoms with Crippen LogP contribution in [0.25, 0.3) is 0 Å². The van der Waals surface area contributed by atoms with Crippen LogP contribution in [0.15, 0.2) is 66.1 Å². The van der Waals surface area contributed by atoms with Gasteiger partial charge in [-0.1, -0.05) is 53.5 Å². The van der Waals surface area contributed by atoms with Crippen LogP contribution in [0.2, 0.25) is 10.0 Å². The van der Waals surface area contributed by atoms with E-state index in [9.17, 15) is 19.2 Å². The number of Topliss-reactive ketones (excluding diaryl/α,β-unsaturated/α-hetero) is 1. The van der Waals surface area contributed by atoms with Crippen molar-refractivity contribution in [1.82, 2.24) is 9.80 Å². The zero-order valence-electron chi connectivity index (χ0n) is 24.8. The number of likely N-dealkylation sites (N-methyl/N-ethyl adjacent to an activating group) is 2. The number of fused-ring (bicyclic) bond motifs is 7. The van der Waals surface area contributed by atoms with Crippen LogP contribution in [0.1, 0.15) is 17.5 Å². The summed E-state index contributed by atoms with van der Waals surface area (Å²) in [6, 6.07) is 9.70. The van der Waals surface area contributed by atoms with Gasteiger partial charge in [0.05, 0.1) is 24.3 Å². The number of ketones is 1. The van der Waals surface area contributed by atoms with Crippen LogP contribution in [-0.2, 0) is 46.4 Å². The van der Waals surface area contributed by atoms with E-state index in [4.69, 9.17) is 46.9 Å². The lowest BCUT2D eigenvalue weighted by Gasteiger charge is -2.38. The molecule has 2 aromatic rings. The van der Waals surface area contributed by atoms with Crippen molar-refractivity contribution in [3.63, 3.8) is 0 Å². The molecule has 1 unspecified atom stereocenters. The van der Waals surface area contributed by atoms with E-state index >= 15 is 0 Å². The van der Waals surface area contributed by atoms with Gasteiger partial charge in [-0.3, -0.25) is 14.5 Å². The van der Waals surface area contributed by atoms with Crippen LogP contribution in [0.4, 0.5) is 4.79 Å². The number of benzene rings is 2. The molecule has 1 aliphatic carbocycles. The Labute approximate surface area is 264 Å². The minimum absolute atomic E-state index is 0.0174. The minimum Gasteiger partial charge on any atom is -0.493 e. The number of esters is 1. The molecule has 2 heterocycles. The number of halogens is 2. The van der Waals surface area contributed by atoms with Crippen molar-refractivity contribution in [1.29, 1.82) is 0 Å². The SMILES string of the molecule is COC(=O)[C@@H]1CC2(OC)C=C(OC)C(=O)C(=C2)Oc2c(Cl)cc(cc2Cl)C[C@@H](N(C)C(=O)OCc2ccccc2)C(=O)N1C. The Morgan fingerprint density at radius 1 is 1.07 bits per heavy atom. The van der Waals surface area contributed by atoms with E-state index in [2.05, 4.69) is 0 Å². The number of hydrogen-bond donors (Lipinski definition) is 0. The first-order chi connectivity index (χ1) is 20.9. The van der Waals surface area contributed by atoms with Crippen molar-refractivity contribution < 1.29 is 42.9 Å². The molecule has 11 nitrogen and oxygen atoms in total. The van der Waals surface area contributed by atoms with Crippen LogP contribution in [0.5, 0.6) is 5.75 Å². The van der Waals surface area contributed by atoms with Gasteiger partial charge in [-0.2, -0.15) is 0 Å².